The van der Waals surface area contributed by atoms with Crippen LogP contribution in [0.4, 0.5) is 11.4 Å². The van der Waals surface area contributed by atoms with Gasteiger partial charge in [0.2, 0.25) is 0 Å². The van der Waals surface area contributed by atoms with Crippen molar-refractivity contribution in [1.29, 1.82) is 0 Å². The van der Waals surface area contributed by atoms with Crippen LogP contribution in [-0.4, -0.2) is 0 Å². The van der Waals surface area contributed by atoms with Gasteiger partial charge >= 0.3 is 0 Å². The molecule has 0 unspecified atom stereocenters. The summed E-state index contributed by atoms with van der Waals surface area (Å²) in [4.78, 5) is 0. The second kappa shape index (κ2) is 4.47. The average Bonchev–Trinajstić information content (AvgIpc) is 2.26. The molecule has 82 valence electrons. The molecule has 0 aliphatic heterocycles. The number of hydrogen-bond acceptors (Lipinski definition) is 2. The molecule has 2 rings (SSSR count). The number of para-hydroxylation sites is 1. The average molecular weight is 342 g/mol. The highest BCUT2D eigenvalue weighted by atomic mass is 79.9. The number of hydrogen-bond donors (Lipinski definition) is 2. The summed E-state index contributed by atoms with van der Waals surface area (Å²) >= 11 is 6.84. The van der Waals surface area contributed by atoms with Gasteiger partial charge in [0.1, 0.15) is 0 Å². The molecule has 0 atom stereocenters. The van der Waals surface area contributed by atoms with Crippen molar-refractivity contribution in [1.82, 2.24) is 0 Å². The van der Waals surface area contributed by atoms with E-state index < -0.39 is 0 Å². The van der Waals surface area contributed by atoms with Gasteiger partial charge < -0.3 is 11.5 Å². The van der Waals surface area contributed by atoms with Crippen molar-refractivity contribution in [2.75, 3.05) is 11.5 Å². The maximum absolute atomic E-state index is 6.02. The summed E-state index contributed by atoms with van der Waals surface area (Å²) in [6.07, 6.45) is 0. The fourth-order valence-corrected chi connectivity index (χ4v) is 2.26. The van der Waals surface area contributed by atoms with Crippen molar-refractivity contribution in [3.05, 3.63) is 45.3 Å². The van der Waals surface area contributed by atoms with Crippen molar-refractivity contribution in [3.63, 3.8) is 0 Å². The van der Waals surface area contributed by atoms with Gasteiger partial charge in [0.25, 0.3) is 0 Å². The zero-order valence-corrected chi connectivity index (χ0v) is 11.5. The number of halogens is 2. The van der Waals surface area contributed by atoms with Crippen LogP contribution in [-0.2, 0) is 0 Å². The molecular weight excluding hydrogens is 332 g/mol. The van der Waals surface area contributed by atoms with Crippen LogP contribution < -0.4 is 11.5 Å². The van der Waals surface area contributed by atoms with E-state index in [1.54, 1.807) is 0 Å². The Balaban J connectivity index is 2.67. The Hall–Kier alpha value is -1.00. The number of nitrogens with two attached hydrogens (primary N) is 2. The summed E-state index contributed by atoms with van der Waals surface area (Å²) in [6.45, 7) is 0. The van der Waals surface area contributed by atoms with E-state index in [0.717, 1.165) is 20.1 Å². The number of anilines is 2. The standard InChI is InChI=1S/C12H10Br2N2/c13-7-4-5-11(15)9(6-7)8-2-1-3-10(14)12(8)16/h1-6H,15-16H2. The Morgan fingerprint density at radius 2 is 1.62 bits per heavy atom. The third-order valence-corrected chi connectivity index (χ3v) is 3.54. The van der Waals surface area contributed by atoms with Gasteiger partial charge in [0.05, 0.1) is 5.69 Å². The predicted molar refractivity (Wildman–Crippen MR) is 76.1 cm³/mol. The van der Waals surface area contributed by atoms with E-state index in [-0.39, 0.29) is 0 Å². The van der Waals surface area contributed by atoms with Crippen molar-refractivity contribution in [2.24, 2.45) is 0 Å². The van der Waals surface area contributed by atoms with Gasteiger partial charge in [0.15, 0.2) is 0 Å². The fourth-order valence-electron chi connectivity index (χ4n) is 1.53. The number of benzene rings is 2. The lowest BCUT2D eigenvalue weighted by atomic mass is 10.0. The molecule has 0 aliphatic rings. The van der Waals surface area contributed by atoms with Crippen LogP contribution in [0.15, 0.2) is 45.3 Å². The molecule has 0 aliphatic carbocycles. The van der Waals surface area contributed by atoms with E-state index in [4.69, 9.17) is 11.5 Å². The van der Waals surface area contributed by atoms with Crippen molar-refractivity contribution in [2.45, 2.75) is 0 Å². The molecule has 0 amide bonds. The van der Waals surface area contributed by atoms with Crippen LogP contribution in [0, 0.1) is 0 Å². The van der Waals surface area contributed by atoms with E-state index in [1.807, 2.05) is 36.4 Å². The van der Waals surface area contributed by atoms with Crippen molar-refractivity contribution < 1.29 is 0 Å². The summed E-state index contributed by atoms with van der Waals surface area (Å²) in [5.41, 5.74) is 15.3. The summed E-state index contributed by atoms with van der Waals surface area (Å²) in [6, 6.07) is 11.5. The fraction of sp³-hybridized carbons (Fsp3) is 0. The molecule has 0 saturated heterocycles. The third-order valence-electron chi connectivity index (χ3n) is 2.36. The lowest BCUT2D eigenvalue weighted by Gasteiger charge is -2.10. The van der Waals surface area contributed by atoms with Gasteiger partial charge in [-0.15, -0.1) is 0 Å². The van der Waals surface area contributed by atoms with E-state index in [9.17, 15) is 0 Å². The highest BCUT2D eigenvalue weighted by Crippen LogP contribution is 2.36. The molecule has 2 aromatic carbocycles. The first-order chi connectivity index (χ1) is 7.59. The Labute approximate surface area is 111 Å². The van der Waals surface area contributed by atoms with Gasteiger partial charge in [-0.25, -0.2) is 0 Å². The summed E-state index contributed by atoms with van der Waals surface area (Å²) < 4.78 is 1.86. The van der Waals surface area contributed by atoms with E-state index in [0.29, 0.717) is 11.4 Å². The first-order valence-corrected chi connectivity index (χ1v) is 6.27. The van der Waals surface area contributed by atoms with Crippen molar-refractivity contribution >= 4 is 43.2 Å². The first kappa shape index (κ1) is 11.5. The Bertz CT molecular complexity index is 539. The van der Waals surface area contributed by atoms with Gasteiger partial charge in [-0.05, 0) is 40.2 Å². The lowest BCUT2D eigenvalue weighted by Crippen LogP contribution is -1.95. The smallest absolute Gasteiger partial charge is 0.0538 e. The number of nitrogen functional groups attached to an aromatic ring is 2. The molecule has 16 heavy (non-hydrogen) atoms. The summed E-state index contributed by atoms with van der Waals surface area (Å²) in [7, 11) is 0. The largest absolute Gasteiger partial charge is 0.398 e. The zero-order valence-electron chi connectivity index (χ0n) is 8.37. The van der Waals surface area contributed by atoms with E-state index in [1.165, 1.54) is 0 Å². The van der Waals surface area contributed by atoms with Crippen LogP contribution in [0.2, 0.25) is 0 Å². The minimum Gasteiger partial charge on any atom is -0.398 e. The maximum atomic E-state index is 6.02. The van der Waals surface area contributed by atoms with Gasteiger partial charge in [-0.2, -0.15) is 0 Å². The second-order valence-electron chi connectivity index (χ2n) is 3.43. The van der Waals surface area contributed by atoms with Crippen LogP contribution in [0.5, 0.6) is 0 Å². The molecule has 0 radical (unpaired) electrons. The van der Waals surface area contributed by atoms with E-state index >= 15 is 0 Å². The molecule has 0 saturated carbocycles. The molecule has 4 heteroatoms. The molecule has 0 aromatic heterocycles. The molecule has 4 N–H and O–H groups in total. The molecule has 2 nitrogen and oxygen atoms in total. The SMILES string of the molecule is Nc1ccc(Br)cc1-c1cccc(Br)c1N. The van der Waals surface area contributed by atoms with Gasteiger partial charge in [-0.3, -0.25) is 0 Å². The highest BCUT2D eigenvalue weighted by molar-refractivity contribution is 9.10. The zero-order chi connectivity index (χ0) is 11.7. The first-order valence-electron chi connectivity index (χ1n) is 4.69. The van der Waals surface area contributed by atoms with E-state index in [2.05, 4.69) is 31.9 Å². The minimum absolute atomic E-state index is 0.701. The summed E-state index contributed by atoms with van der Waals surface area (Å²) in [5, 5.41) is 0. The third kappa shape index (κ3) is 2.08. The molecule has 0 fully saturated rings. The monoisotopic (exact) mass is 340 g/mol. The molecule has 0 heterocycles. The Kier molecular flexibility index (Phi) is 3.21. The summed E-state index contributed by atoms with van der Waals surface area (Å²) in [5.74, 6) is 0. The minimum atomic E-state index is 0.701. The molecule has 2 aromatic rings. The van der Waals surface area contributed by atoms with Gasteiger partial charge in [-0.1, -0.05) is 28.1 Å². The molecule has 0 spiro atoms. The quantitative estimate of drug-likeness (QED) is 0.769. The predicted octanol–water partition coefficient (Wildman–Crippen LogP) is 4.04. The van der Waals surface area contributed by atoms with Crippen molar-refractivity contribution in [3.8, 4) is 11.1 Å². The van der Waals surface area contributed by atoms with Crippen LogP contribution in [0.25, 0.3) is 11.1 Å². The topological polar surface area (TPSA) is 52.0 Å². The normalized spacial score (nSPS) is 10.4. The Morgan fingerprint density at radius 3 is 2.38 bits per heavy atom. The van der Waals surface area contributed by atoms with Crippen LogP contribution in [0.1, 0.15) is 0 Å². The molecule has 0 bridgehead atoms. The number of rotatable bonds is 1. The molecular formula is C12H10Br2N2. The maximum Gasteiger partial charge on any atom is 0.0538 e. The van der Waals surface area contributed by atoms with Crippen LogP contribution in [0.3, 0.4) is 0 Å². The highest BCUT2D eigenvalue weighted by Gasteiger charge is 2.08. The second-order valence-corrected chi connectivity index (χ2v) is 5.20. The lowest BCUT2D eigenvalue weighted by molar-refractivity contribution is 1.56. The van der Waals surface area contributed by atoms with Crippen LogP contribution >= 0.6 is 31.9 Å². The Morgan fingerprint density at radius 1 is 0.875 bits per heavy atom. The van der Waals surface area contributed by atoms with Gasteiger partial charge in [0, 0.05) is 25.8 Å².